The highest BCUT2D eigenvalue weighted by atomic mass is 16.2. The van der Waals surface area contributed by atoms with E-state index < -0.39 is 0 Å². The zero-order valence-electron chi connectivity index (χ0n) is 22.1. The average Bonchev–Trinajstić information content (AvgIpc) is 2.94. The number of piperidine rings is 3. The molecule has 3 amide bonds. The Bertz CT molecular complexity index is 832. The molecule has 0 bridgehead atoms. The summed E-state index contributed by atoms with van der Waals surface area (Å²) in [6.45, 7) is 5.63. The molecule has 3 heterocycles. The molecular weight excluding hydrogens is 448 g/mol. The van der Waals surface area contributed by atoms with Crippen molar-refractivity contribution >= 4 is 11.9 Å². The first-order valence-electron chi connectivity index (χ1n) is 14.8. The van der Waals surface area contributed by atoms with Gasteiger partial charge >= 0.3 is 6.03 Å². The van der Waals surface area contributed by atoms with Crippen molar-refractivity contribution in [2.45, 2.75) is 89.1 Å². The Morgan fingerprint density at radius 2 is 1.36 bits per heavy atom. The first kappa shape index (κ1) is 25.6. The van der Waals surface area contributed by atoms with Gasteiger partial charge in [-0.15, -0.1) is 0 Å². The molecule has 198 valence electrons. The van der Waals surface area contributed by atoms with E-state index in [-0.39, 0.29) is 11.9 Å². The Kier molecular flexibility index (Phi) is 8.84. The zero-order chi connectivity index (χ0) is 24.7. The van der Waals surface area contributed by atoms with E-state index in [0.717, 1.165) is 97.1 Å². The lowest BCUT2D eigenvalue weighted by Crippen LogP contribution is -2.53. The molecule has 5 rings (SSSR count). The molecule has 0 aromatic heterocycles. The molecule has 4 fully saturated rings. The second-order valence-electron chi connectivity index (χ2n) is 11.8. The van der Waals surface area contributed by atoms with Crippen LogP contribution < -0.4 is 5.32 Å². The first-order chi connectivity index (χ1) is 17.7. The molecule has 1 N–H and O–H groups in total. The number of hydrogen-bond donors (Lipinski definition) is 1. The number of nitrogens with one attached hydrogen (secondary N) is 1. The van der Waals surface area contributed by atoms with Crippen LogP contribution in [0, 0.1) is 11.8 Å². The quantitative estimate of drug-likeness (QED) is 0.646. The molecule has 1 aliphatic carbocycles. The van der Waals surface area contributed by atoms with Crippen LogP contribution in [0.3, 0.4) is 0 Å². The van der Waals surface area contributed by atoms with E-state index in [2.05, 4.69) is 45.4 Å². The lowest BCUT2D eigenvalue weighted by atomic mass is 9.88. The van der Waals surface area contributed by atoms with Crippen LogP contribution in [0.1, 0.15) is 76.2 Å². The molecule has 36 heavy (non-hydrogen) atoms. The highest BCUT2D eigenvalue weighted by Crippen LogP contribution is 2.28. The number of rotatable bonds is 5. The maximum absolute atomic E-state index is 13.2. The predicted octanol–water partition coefficient (Wildman–Crippen LogP) is 4.69. The number of likely N-dealkylation sites (tertiary alicyclic amines) is 3. The van der Waals surface area contributed by atoms with Crippen molar-refractivity contribution in [2.24, 2.45) is 11.8 Å². The van der Waals surface area contributed by atoms with E-state index in [9.17, 15) is 9.59 Å². The summed E-state index contributed by atoms with van der Waals surface area (Å²) in [6, 6.07) is 11.9. The van der Waals surface area contributed by atoms with Crippen LogP contribution in [0.4, 0.5) is 4.79 Å². The number of carbonyl (C=O) groups excluding carboxylic acids is 2. The Hall–Kier alpha value is -2.08. The SMILES string of the molecule is O=C(NC1CCCCC1)N1CCC(N2CCC(C(=O)N3CCC(Cc4ccccc4)CC3)CC2)CC1. The lowest BCUT2D eigenvalue weighted by molar-refractivity contribution is -0.138. The molecule has 1 aromatic carbocycles. The molecular formula is C30H46N4O2. The van der Waals surface area contributed by atoms with Gasteiger partial charge in [0.2, 0.25) is 5.91 Å². The van der Waals surface area contributed by atoms with Gasteiger partial charge in [0.15, 0.2) is 0 Å². The molecule has 0 unspecified atom stereocenters. The molecule has 0 radical (unpaired) electrons. The van der Waals surface area contributed by atoms with Crippen molar-refractivity contribution in [1.82, 2.24) is 20.0 Å². The Balaban J connectivity index is 0.995. The van der Waals surface area contributed by atoms with Gasteiger partial charge < -0.3 is 20.0 Å². The fourth-order valence-electron chi connectivity index (χ4n) is 7.02. The largest absolute Gasteiger partial charge is 0.342 e. The maximum atomic E-state index is 13.2. The van der Waals surface area contributed by atoms with Gasteiger partial charge in [0.1, 0.15) is 0 Å². The first-order valence-corrected chi connectivity index (χ1v) is 14.8. The van der Waals surface area contributed by atoms with E-state index >= 15 is 0 Å². The van der Waals surface area contributed by atoms with Crippen molar-refractivity contribution in [3.8, 4) is 0 Å². The summed E-state index contributed by atoms with van der Waals surface area (Å²) in [5.41, 5.74) is 1.42. The van der Waals surface area contributed by atoms with Crippen LogP contribution in [0.2, 0.25) is 0 Å². The third kappa shape index (κ3) is 6.62. The lowest BCUT2D eigenvalue weighted by Gasteiger charge is -2.42. The molecule has 0 atom stereocenters. The summed E-state index contributed by atoms with van der Waals surface area (Å²) >= 11 is 0. The normalized spacial score (nSPS) is 24.1. The third-order valence-corrected chi connectivity index (χ3v) is 9.37. The van der Waals surface area contributed by atoms with E-state index in [4.69, 9.17) is 0 Å². The van der Waals surface area contributed by atoms with Gasteiger partial charge in [0.05, 0.1) is 0 Å². The summed E-state index contributed by atoms with van der Waals surface area (Å²) in [4.78, 5) is 32.7. The minimum absolute atomic E-state index is 0.150. The molecule has 3 aliphatic heterocycles. The van der Waals surface area contributed by atoms with Gasteiger partial charge in [-0.1, -0.05) is 49.6 Å². The molecule has 1 aromatic rings. The van der Waals surface area contributed by atoms with Crippen LogP contribution in [-0.4, -0.2) is 78.0 Å². The van der Waals surface area contributed by atoms with Gasteiger partial charge in [-0.3, -0.25) is 4.79 Å². The summed E-state index contributed by atoms with van der Waals surface area (Å²) in [6.07, 6.45) is 13.6. The molecule has 1 saturated carbocycles. The maximum Gasteiger partial charge on any atom is 0.317 e. The average molecular weight is 495 g/mol. The number of hydrogen-bond acceptors (Lipinski definition) is 3. The minimum Gasteiger partial charge on any atom is -0.342 e. The molecule has 3 saturated heterocycles. The highest BCUT2D eigenvalue weighted by molar-refractivity contribution is 5.79. The van der Waals surface area contributed by atoms with Gasteiger partial charge in [0.25, 0.3) is 0 Å². The fraction of sp³-hybridized carbons (Fsp3) is 0.733. The van der Waals surface area contributed by atoms with Gasteiger partial charge in [0, 0.05) is 44.2 Å². The van der Waals surface area contributed by atoms with Gasteiger partial charge in [-0.25, -0.2) is 4.79 Å². The van der Waals surface area contributed by atoms with Crippen molar-refractivity contribution < 1.29 is 9.59 Å². The molecule has 0 spiro atoms. The Morgan fingerprint density at radius 3 is 2.03 bits per heavy atom. The van der Waals surface area contributed by atoms with E-state index in [1.54, 1.807) is 0 Å². The van der Waals surface area contributed by atoms with Crippen molar-refractivity contribution in [3.05, 3.63) is 35.9 Å². The second kappa shape index (κ2) is 12.4. The van der Waals surface area contributed by atoms with E-state index in [1.165, 1.54) is 24.8 Å². The van der Waals surface area contributed by atoms with Crippen LogP contribution >= 0.6 is 0 Å². The van der Waals surface area contributed by atoms with Crippen LogP contribution in [0.15, 0.2) is 30.3 Å². The van der Waals surface area contributed by atoms with E-state index in [0.29, 0.717) is 23.9 Å². The molecule has 4 aliphatic rings. The van der Waals surface area contributed by atoms with Gasteiger partial charge in [-0.05, 0) is 82.4 Å². The number of benzene rings is 1. The van der Waals surface area contributed by atoms with Gasteiger partial charge in [-0.2, -0.15) is 0 Å². The zero-order valence-corrected chi connectivity index (χ0v) is 22.1. The number of nitrogens with zero attached hydrogens (tertiary/aromatic N) is 3. The van der Waals surface area contributed by atoms with Crippen LogP contribution in [0.5, 0.6) is 0 Å². The van der Waals surface area contributed by atoms with Crippen LogP contribution in [0.25, 0.3) is 0 Å². The Labute approximate surface area is 217 Å². The van der Waals surface area contributed by atoms with Crippen molar-refractivity contribution in [2.75, 3.05) is 39.3 Å². The highest BCUT2D eigenvalue weighted by Gasteiger charge is 2.34. The summed E-state index contributed by atoms with van der Waals surface area (Å²) < 4.78 is 0. The second-order valence-corrected chi connectivity index (χ2v) is 11.8. The topological polar surface area (TPSA) is 55.9 Å². The third-order valence-electron chi connectivity index (χ3n) is 9.37. The van der Waals surface area contributed by atoms with Crippen LogP contribution in [-0.2, 0) is 11.2 Å². The van der Waals surface area contributed by atoms with Crippen molar-refractivity contribution in [3.63, 3.8) is 0 Å². The molecule has 6 heteroatoms. The minimum atomic E-state index is 0.150. The predicted molar refractivity (Wildman–Crippen MR) is 144 cm³/mol. The summed E-state index contributed by atoms with van der Waals surface area (Å²) in [7, 11) is 0. The number of amides is 3. The standard InChI is InChI=1S/C30H46N4O2/c35-29(33-17-11-25(12-18-33)23-24-7-3-1-4-8-24)26-13-19-32(20-14-26)28-15-21-34(22-16-28)30(36)31-27-9-5-2-6-10-27/h1,3-4,7-8,25-28H,2,5-6,9-23H2,(H,31,36). The number of urea groups is 1. The monoisotopic (exact) mass is 494 g/mol. The summed E-state index contributed by atoms with van der Waals surface area (Å²) in [5.74, 6) is 1.31. The van der Waals surface area contributed by atoms with Crippen molar-refractivity contribution in [1.29, 1.82) is 0 Å². The Morgan fingerprint density at radius 1 is 0.722 bits per heavy atom. The summed E-state index contributed by atoms with van der Waals surface area (Å²) in [5, 5.41) is 3.28. The molecule has 6 nitrogen and oxygen atoms in total. The smallest absolute Gasteiger partial charge is 0.317 e. The fourth-order valence-corrected chi connectivity index (χ4v) is 7.02. The van der Waals surface area contributed by atoms with E-state index in [1.807, 2.05) is 4.90 Å². The number of carbonyl (C=O) groups is 2.